The van der Waals surface area contributed by atoms with Gasteiger partial charge in [-0.3, -0.25) is 0 Å². The van der Waals surface area contributed by atoms with Gasteiger partial charge in [0.15, 0.2) is 0 Å². The first-order chi connectivity index (χ1) is 11.0. The van der Waals surface area contributed by atoms with Crippen molar-refractivity contribution in [2.75, 3.05) is 26.4 Å². The second-order valence-electron chi connectivity index (χ2n) is 7.32. The van der Waals surface area contributed by atoms with Crippen molar-refractivity contribution in [1.29, 1.82) is 0 Å². The summed E-state index contributed by atoms with van der Waals surface area (Å²) in [6.07, 6.45) is -1.12. The molecule has 0 aliphatic rings. The Kier molecular flexibility index (Phi) is 15.6. The number of rotatable bonds is 8. The van der Waals surface area contributed by atoms with Crippen molar-refractivity contribution in [1.82, 2.24) is 0 Å². The van der Waals surface area contributed by atoms with Gasteiger partial charge in [0.1, 0.15) is 0 Å². The number of carbonyl (C=O) groups is 2. The molecule has 0 aromatic carbocycles. The van der Waals surface area contributed by atoms with Gasteiger partial charge in [-0.1, -0.05) is 55.4 Å². The number of ether oxygens (including phenoxy) is 4. The van der Waals surface area contributed by atoms with Gasteiger partial charge in [-0.2, -0.15) is 0 Å². The van der Waals surface area contributed by atoms with Crippen LogP contribution in [0.4, 0.5) is 9.59 Å². The third kappa shape index (κ3) is 22.8. The zero-order valence-electron chi connectivity index (χ0n) is 16.6. The van der Waals surface area contributed by atoms with Gasteiger partial charge < -0.3 is 18.9 Å². The highest BCUT2D eigenvalue weighted by Gasteiger charge is 2.06. The maximum absolute atomic E-state index is 10.8. The van der Waals surface area contributed by atoms with Gasteiger partial charge in [-0.15, -0.1) is 0 Å². The van der Waals surface area contributed by atoms with Crippen LogP contribution in [0.5, 0.6) is 0 Å². The van der Waals surface area contributed by atoms with Crippen molar-refractivity contribution >= 4 is 12.3 Å². The minimum absolute atomic E-state index is 0.358. The van der Waals surface area contributed by atoms with Crippen LogP contribution in [0.1, 0.15) is 55.4 Å². The molecule has 0 bridgehead atoms. The molecule has 0 aliphatic heterocycles. The van der Waals surface area contributed by atoms with Crippen LogP contribution in [0.3, 0.4) is 0 Å². The largest absolute Gasteiger partial charge is 0.508 e. The van der Waals surface area contributed by atoms with E-state index in [4.69, 9.17) is 18.9 Å². The fraction of sp³-hybridized carbons (Fsp3) is 0.889. The fourth-order valence-electron chi connectivity index (χ4n) is 1.02. The lowest BCUT2D eigenvalue weighted by Crippen LogP contribution is -2.14. The molecule has 0 rings (SSSR count). The van der Waals surface area contributed by atoms with Crippen LogP contribution >= 0.6 is 0 Å². The molecule has 0 aliphatic carbocycles. The van der Waals surface area contributed by atoms with Crippen molar-refractivity contribution in [2.24, 2.45) is 23.7 Å². The van der Waals surface area contributed by atoms with Crippen molar-refractivity contribution in [3.05, 3.63) is 0 Å². The predicted molar refractivity (Wildman–Crippen MR) is 94.0 cm³/mol. The van der Waals surface area contributed by atoms with Crippen molar-refractivity contribution in [2.45, 2.75) is 55.4 Å². The van der Waals surface area contributed by atoms with Gasteiger partial charge in [0.2, 0.25) is 0 Å². The van der Waals surface area contributed by atoms with Crippen LogP contribution in [0, 0.1) is 23.7 Å². The molecule has 0 amide bonds. The van der Waals surface area contributed by atoms with Crippen molar-refractivity contribution < 1.29 is 28.5 Å². The molecule has 144 valence electrons. The predicted octanol–water partition coefficient (Wildman–Crippen LogP) is 4.90. The summed E-state index contributed by atoms with van der Waals surface area (Å²) in [7, 11) is 0. The highest BCUT2D eigenvalue weighted by atomic mass is 16.7. The molecule has 0 heterocycles. The standard InChI is InChI=1S/2C9H18O3/c2*1-7(2)5-11-9(10)12-6-8(3)4/h2*7-8H,5-6H2,1-4H3. The van der Waals surface area contributed by atoms with E-state index in [-0.39, 0.29) is 0 Å². The Balaban J connectivity index is 0. The molecule has 0 unspecified atom stereocenters. The lowest BCUT2D eigenvalue weighted by atomic mass is 10.2. The second-order valence-corrected chi connectivity index (χ2v) is 7.32. The maximum Gasteiger partial charge on any atom is 0.508 e. The van der Waals surface area contributed by atoms with Crippen molar-refractivity contribution in [3.63, 3.8) is 0 Å². The first-order valence-electron chi connectivity index (χ1n) is 8.63. The SMILES string of the molecule is CC(C)COC(=O)OCC(C)C.CC(C)COC(=O)OCC(C)C. The van der Waals surface area contributed by atoms with E-state index in [1.165, 1.54) is 0 Å². The Bertz CT molecular complexity index is 263. The van der Waals surface area contributed by atoms with Gasteiger partial charge in [0.05, 0.1) is 26.4 Å². The summed E-state index contributed by atoms with van der Waals surface area (Å²) in [6, 6.07) is 0. The Morgan fingerprint density at radius 1 is 0.500 bits per heavy atom. The zero-order chi connectivity index (χ0) is 19.1. The molecule has 0 radical (unpaired) electrons. The van der Waals surface area contributed by atoms with Crippen LogP contribution < -0.4 is 0 Å². The van der Waals surface area contributed by atoms with Gasteiger partial charge in [-0.25, -0.2) is 9.59 Å². The molecular weight excluding hydrogens is 312 g/mol. The first-order valence-corrected chi connectivity index (χ1v) is 8.63. The third-order valence-corrected chi connectivity index (χ3v) is 2.14. The van der Waals surface area contributed by atoms with E-state index in [1.54, 1.807) is 0 Å². The molecule has 0 aromatic rings. The van der Waals surface area contributed by atoms with E-state index in [2.05, 4.69) is 0 Å². The second kappa shape index (κ2) is 15.1. The van der Waals surface area contributed by atoms with Gasteiger partial charge in [-0.05, 0) is 23.7 Å². The minimum atomic E-state index is -0.558. The Morgan fingerprint density at radius 3 is 0.792 bits per heavy atom. The highest BCUT2D eigenvalue weighted by Crippen LogP contribution is 1.98. The molecule has 0 N–H and O–H groups in total. The summed E-state index contributed by atoms with van der Waals surface area (Å²) in [5.41, 5.74) is 0. The molecule has 0 spiro atoms. The van der Waals surface area contributed by atoms with E-state index in [1.807, 2.05) is 55.4 Å². The van der Waals surface area contributed by atoms with Crippen LogP contribution in [0.2, 0.25) is 0 Å². The first kappa shape index (κ1) is 24.8. The summed E-state index contributed by atoms with van der Waals surface area (Å²) in [4.78, 5) is 21.6. The lowest BCUT2D eigenvalue weighted by molar-refractivity contribution is 0.0398. The van der Waals surface area contributed by atoms with E-state index in [0.29, 0.717) is 50.1 Å². The quantitative estimate of drug-likeness (QED) is 0.581. The molecular formula is C18H36O6. The van der Waals surface area contributed by atoms with Crippen molar-refractivity contribution in [3.8, 4) is 0 Å². The molecule has 24 heavy (non-hydrogen) atoms. The van der Waals surface area contributed by atoms with Crippen LogP contribution in [-0.4, -0.2) is 38.7 Å². The monoisotopic (exact) mass is 348 g/mol. The molecule has 0 aromatic heterocycles. The molecule has 6 nitrogen and oxygen atoms in total. The van der Waals surface area contributed by atoms with Crippen LogP contribution in [0.25, 0.3) is 0 Å². The summed E-state index contributed by atoms with van der Waals surface area (Å²) < 4.78 is 19.2. The van der Waals surface area contributed by atoms with Gasteiger partial charge in [0, 0.05) is 0 Å². The Morgan fingerprint density at radius 2 is 0.667 bits per heavy atom. The smallest absolute Gasteiger partial charge is 0.434 e. The summed E-state index contributed by atoms with van der Waals surface area (Å²) in [5.74, 6) is 1.43. The number of carbonyl (C=O) groups excluding carboxylic acids is 2. The highest BCUT2D eigenvalue weighted by molar-refractivity contribution is 5.60. The maximum atomic E-state index is 10.8. The van der Waals surface area contributed by atoms with E-state index in [9.17, 15) is 9.59 Å². The molecule has 0 saturated carbocycles. The average molecular weight is 348 g/mol. The fourth-order valence-corrected chi connectivity index (χ4v) is 1.02. The van der Waals surface area contributed by atoms with Gasteiger partial charge >= 0.3 is 12.3 Å². The summed E-state index contributed by atoms with van der Waals surface area (Å²) >= 11 is 0. The van der Waals surface area contributed by atoms with Crippen LogP contribution in [0.15, 0.2) is 0 Å². The summed E-state index contributed by atoms with van der Waals surface area (Å²) in [6.45, 7) is 17.6. The Labute approximate surface area is 147 Å². The normalized spacial score (nSPS) is 10.5. The van der Waals surface area contributed by atoms with E-state index >= 15 is 0 Å². The zero-order valence-corrected chi connectivity index (χ0v) is 16.6. The van der Waals surface area contributed by atoms with E-state index in [0.717, 1.165) is 0 Å². The van der Waals surface area contributed by atoms with E-state index < -0.39 is 12.3 Å². The van der Waals surface area contributed by atoms with Crippen LogP contribution in [-0.2, 0) is 18.9 Å². The molecule has 0 saturated heterocycles. The molecule has 6 heteroatoms. The molecule has 0 atom stereocenters. The van der Waals surface area contributed by atoms with Gasteiger partial charge in [0.25, 0.3) is 0 Å². The Hall–Kier alpha value is -1.46. The molecule has 0 fully saturated rings. The minimum Gasteiger partial charge on any atom is -0.434 e. The summed E-state index contributed by atoms with van der Waals surface area (Å²) in [5, 5.41) is 0. The average Bonchev–Trinajstić information content (AvgIpc) is 2.47. The lowest BCUT2D eigenvalue weighted by Gasteiger charge is -2.08. The number of hydrogen-bond acceptors (Lipinski definition) is 6. The third-order valence-electron chi connectivity index (χ3n) is 2.14. The number of hydrogen-bond donors (Lipinski definition) is 0. The topological polar surface area (TPSA) is 71.1 Å².